The molecule has 8 nitrogen and oxygen atoms in total. The van der Waals surface area contributed by atoms with Crippen molar-refractivity contribution in [2.24, 2.45) is 0 Å². The third-order valence-corrected chi connectivity index (χ3v) is 3.89. The minimum Gasteiger partial charge on any atom is -0.497 e. The fourth-order valence-corrected chi connectivity index (χ4v) is 2.49. The lowest BCUT2D eigenvalue weighted by atomic mass is 10.2. The summed E-state index contributed by atoms with van der Waals surface area (Å²) in [5.41, 5.74) is 0.712. The van der Waals surface area contributed by atoms with Crippen molar-refractivity contribution in [2.45, 2.75) is 20.0 Å². The number of nitrogens with zero attached hydrogens (tertiary/aromatic N) is 2. The van der Waals surface area contributed by atoms with Crippen LogP contribution in [0.5, 0.6) is 17.2 Å². The summed E-state index contributed by atoms with van der Waals surface area (Å²) in [6, 6.07) is 14.5. The second-order valence-electron chi connectivity index (χ2n) is 5.88. The fraction of sp³-hybridized carbons (Fsp3) is 0.286. The monoisotopic (exact) mass is 398 g/mol. The number of esters is 1. The highest BCUT2D eigenvalue weighted by molar-refractivity contribution is 5.69. The molecule has 3 aromatic rings. The van der Waals surface area contributed by atoms with Gasteiger partial charge in [0.2, 0.25) is 5.82 Å². The van der Waals surface area contributed by atoms with Crippen LogP contribution >= 0.6 is 0 Å². The summed E-state index contributed by atoms with van der Waals surface area (Å²) in [7, 11) is 1.59. The van der Waals surface area contributed by atoms with E-state index in [-0.39, 0.29) is 25.5 Å². The molecule has 1 aromatic heterocycles. The van der Waals surface area contributed by atoms with Crippen LogP contribution in [-0.2, 0) is 16.1 Å². The molecule has 0 aliphatic heterocycles. The van der Waals surface area contributed by atoms with Gasteiger partial charge in [0.05, 0.1) is 32.3 Å². The summed E-state index contributed by atoms with van der Waals surface area (Å²) < 4.78 is 26.5. The number of methoxy groups -OCH3 is 1. The molecule has 0 saturated heterocycles. The first kappa shape index (κ1) is 20.2. The van der Waals surface area contributed by atoms with E-state index < -0.39 is 5.97 Å². The van der Waals surface area contributed by atoms with Crippen LogP contribution in [0.4, 0.5) is 0 Å². The van der Waals surface area contributed by atoms with Crippen LogP contribution in [0, 0.1) is 0 Å². The number of hydrogen-bond donors (Lipinski definition) is 0. The van der Waals surface area contributed by atoms with Crippen molar-refractivity contribution in [3.05, 3.63) is 54.4 Å². The Bertz CT molecular complexity index is 923. The maximum atomic E-state index is 11.9. The number of aromatic nitrogens is 2. The van der Waals surface area contributed by atoms with E-state index in [1.165, 1.54) is 0 Å². The Kier molecular flexibility index (Phi) is 7.05. The standard InChI is InChI=1S/C21H22N2O6/c1-3-26-18-7-5-4-6-17(18)21-22-19(29-23-21)14-28-20(24)12-13-27-16-10-8-15(25-2)9-11-16/h4-11H,3,12-14H2,1-2H3. The number of carbonyl (C=O) groups is 1. The largest absolute Gasteiger partial charge is 0.497 e. The predicted octanol–water partition coefficient (Wildman–Crippen LogP) is 3.66. The van der Waals surface area contributed by atoms with Crippen LogP contribution in [0.25, 0.3) is 11.4 Å². The zero-order valence-electron chi connectivity index (χ0n) is 16.3. The van der Waals surface area contributed by atoms with E-state index in [1.54, 1.807) is 31.4 Å². The molecule has 0 atom stereocenters. The minimum absolute atomic E-state index is 0.0974. The van der Waals surface area contributed by atoms with Crippen molar-refractivity contribution >= 4 is 5.97 Å². The number of rotatable bonds is 10. The molecular weight excluding hydrogens is 376 g/mol. The molecule has 0 radical (unpaired) electrons. The Hall–Kier alpha value is -3.55. The number of benzene rings is 2. The Morgan fingerprint density at radius 1 is 1.03 bits per heavy atom. The maximum Gasteiger partial charge on any atom is 0.309 e. The van der Waals surface area contributed by atoms with Gasteiger partial charge in [-0.2, -0.15) is 4.98 Å². The molecule has 0 aliphatic carbocycles. The van der Waals surface area contributed by atoms with Crippen molar-refractivity contribution in [2.75, 3.05) is 20.3 Å². The van der Waals surface area contributed by atoms with E-state index in [0.29, 0.717) is 29.5 Å². The zero-order valence-corrected chi connectivity index (χ0v) is 16.3. The lowest BCUT2D eigenvalue weighted by molar-refractivity contribution is -0.146. The molecule has 0 spiro atoms. The molecule has 0 fully saturated rings. The molecule has 0 unspecified atom stereocenters. The lowest BCUT2D eigenvalue weighted by Gasteiger charge is -2.07. The van der Waals surface area contributed by atoms with Gasteiger partial charge < -0.3 is 23.5 Å². The first-order valence-electron chi connectivity index (χ1n) is 9.17. The van der Waals surface area contributed by atoms with Crippen LogP contribution < -0.4 is 14.2 Å². The van der Waals surface area contributed by atoms with Gasteiger partial charge in [-0.15, -0.1) is 0 Å². The van der Waals surface area contributed by atoms with Gasteiger partial charge in [0.15, 0.2) is 6.61 Å². The molecule has 0 N–H and O–H groups in total. The van der Waals surface area contributed by atoms with Crippen molar-refractivity contribution in [3.8, 4) is 28.6 Å². The van der Waals surface area contributed by atoms with Crippen molar-refractivity contribution in [1.82, 2.24) is 10.1 Å². The summed E-state index contributed by atoms with van der Waals surface area (Å²) in [5, 5.41) is 3.93. The van der Waals surface area contributed by atoms with Gasteiger partial charge in [-0.05, 0) is 43.3 Å². The Morgan fingerprint density at radius 2 is 1.79 bits per heavy atom. The minimum atomic E-state index is -0.423. The number of carbonyl (C=O) groups excluding carboxylic acids is 1. The Balaban J connectivity index is 1.46. The first-order chi connectivity index (χ1) is 14.2. The van der Waals surface area contributed by atoms with Gasteiger partial charge in [-0.25, -0.2) is 0 Å². The van der Waals surface area contributed by atoms with E-state index in [4.69, 9.17) is 23.5 Å². The van der Waals surface area contributed by atoms with E-state index in [2.05, 4.69) is 10.1 Å². The van der Waals surface area contributed by atoms with Crippen LogP contribution in [0.1, 0.15) is 19.2 Å². The van der Waals surface area contributed by atoms with Crippen LogP contribution in [0.2, 0.25) is 0 Å². The predicted molar refractivity (Wildman–Crippen MR) is 104 cm³/mol. The van der Waals surface area contributed by atoms with Crippen molar-refractivity contribution in [3.63, 3.8) is 0 Å². The molecule has 152 valence electrons. The number of para-hydroxylation sites is 1. The molecule has 2 aromatic carbocycles. The smallest absolute Gasteiger partial charge is 0.309 e. The fourth-order valence-electron chi connectivity index (χ4n) is 2.49. The highest BCUT2D eigenvalue weighted by atomic mass is 16.6. The third-order valence-electron chi connectivity index (χ3n) is 3.89. The molecule has 1 heterocycles. The Morgan fingerprint density at radius 3 is 2.55 bits per heavy atom. The maximum absolute atomic E-state index is 11.9. The lowest BCUT2D eigenvalue weighted by Crippen LogP contribution is -2.10. The van der Waals surface area contributed by atoms with Gasteiger partial charge in [-0.1, -0.05) is 17.3 Å². The van der Waals surface area contributed by atoms with Crippen molar-refractivity contribution in [1.29, 1.82) is 0 Å². The molecule has 0 saturated carbocycles. The van der Waals surface area contributed by atoms with E-state index in [9.17, 15) is 4.79 Å². The third kappa shape index (κ3) is 5.71. The molecule has 8 heteroatoms. The van der Waals surface area contributed by atoms with E-state index in [1.807, 2.05) is 31.2 Å². The van der Waals surface area contributed by atoms with Gasteiger partial charge >= 0.3 is 5.97 Å². The van der Waals surface area contributed by atoms with Gasteiger partial charge in [0.1, 0.15) is 17.2 Å². The number of ether oxygens (including phenoxy) is 4. The molecule has 0 amide bonds. The van der Waals surface area contributed by atoms with Crippen LogP contribution in [-0.4, -0.2) is 36.4 Å². The summed E-state index contributed by atoms with van der Waals surface area (Å²) in [6.45, 7) is 2.52. The molecule has 0 aliphatic rings. The van der Waals surface area contributed by atoms with E-state index in [0.717, 1.165) is 5.75 Å². The Labute approximate surface area is 168 Å². The molecule has 29 heavy (non-hydrogen) atoms. The average Bonchev–Trinajstić information content (AvgIpc) is 3.22. The quantitative estimate of drug-likeness (QED) is 0.478. The van der Waals surface area contributed by atoms with E-state index >= 15 is 0 Å². The van der Waals surface area contributed by atoms with Crippen molar-refractivity contribution < 1.29 is 28.3 Å². The highest BCUT2D eigenvalue weighted by Gasteiger charge is 2.14. The summed E-state index contributed by atoms with van der Waals surface area (Å²) in [6.07, 6.45) is 0.0974. The second-order valence-corrected chi connectivity index (χ2v) is 5.88. The van der Waals surface area contributed by atoms with Crippen LogP contribution in [0.3, 0.4) is 0 Å². The van der Waals surface area contributed by atoms with Crippen LogP contribution in [0.15, 0.2) is 53.1 Å². The zero-order chi connectivity index (χ0) is 20.5. The van der Waals surface area contributed by atoms with Gasteiger partial charge in [0.25, 0.3) is 5.89 Å². The van der Waals surface area contributed by atoms with Gasteiger partial charge in [-0.3, -0.25) is 4.79 Å². The topological polar surface area (TPSA) is 92.9 Å². The molecule has 3 rings (SSSR count). The molecule has 0 bridgehead atoms. The van der Waals surface area contributed by atoms with Gasteiger partial charge in [0, 0.05) is 0 Å². The normalized spacial score (nSPS) is 10.4. The highest BCUT2D eigenvalue weighted by Crippen LogP contribution is 2.27. The summed E-state index contributed by atoms with van der Waals surface area (Å²) in [5.74, 6) is 2.20. The first-order valence-corrected chi connectivity index (χ1v) is 9.17. The molecular formula is C21H22N2O6. The summed E-state index contributed by atoms with van der Waals surface area (Å²) in [4.78, 5) is 16.2. The summed E-state index contributed by atoms with van der Waals surface area (Å²) >= 11 is 0. The SMILES string of the molecule is CCOc1ccccc1-c1noc(COC(=O)CCOc2ccc(OC)cc2)n1. The number of hydrogen-bond acceptors (Lipinski definition) is 8. The average molecular weight is 398 g/mol. The second kappa shape index (κ2) is 10.1.